The molecule has 30 heavy (non-hydrogen) atoms. The van der Waals surface area contributed by atoms with Crippen LogP contribution in [0.1, 0.15) is 25.5 Å². The number of hydrogen-bond acceptors (Lipinski definition) is 5. The number of morpholine rings is 1. The van der Waals surface area contributed by atoms with E-state index in [2.05, 4.69) is 46.5 Å². The fourth-order valence-corrected chi connectivity index (χ4v) is 3.13. The molecule has 0 bridgehead atoms. The maximum atomic E-state index is 12.0. The quantitative estimate of drug-likeness (QED) is 0.465. The summed E-state index contributed by atoms with van der Waals surface area (Å²) < 4.78 is 10.8. The number of aliphatic imine (C=N–C) groups is 1. The minimum absolute atomic E-state index is 0.0273. The number of hydrogen-bond donors (Lipinski definition) is 2. The van der Waals surface area contributed by atoms with E-state index in [9.17, 15) is 4.79 Å². The number of nitrogens with zero attached hydrogens (tertiary/aromatic N) is 3. The van der Waals surface area contributed by atoms with E-state index in [-0.39, 0.29) is 18.5 Å². The molecule has 168 valence electrons. The summed E-state index contributed by atoms with van der Waals surface area (Å²) in [6.07, 6.45) is 0. The first-order valence-electron chi connectivity index (χ1n) is 10.6. The number of benzene rings is 1. The van der Waals surface area contributed by atoms with Gasteiger partial charge in [-0.05, 0) is 23.6 Å². The van der Waals surface area contributed by atoms with Crippen molar-refractivity contribution in [2.75, 3.05) is 67.1 Å². The van der Waals surface area contributed by atoms with E-state index in [1.165, 1.54) is 5.56 Å². The van der Waals surface area contributed by atoms with E-state index in [0.29, 0.717) is 18.4 Å². The van der Waals surface area contributed by atoms with Crippen LogP contribution in [0, 0.1) is 5.92 Å². The molecule has 0 saturated carbocycles. The summed E-state index contributed by atoms with van der Waals surface area (Å²) >= 11 is 0. The number of guanidine groups is 1. The highest BCUT2D eigenvalue weighted by molar-refractivity contribution is 5.84. The Kier molecular flexibility index (Phi) is 9.89. The molecule has 1 aromatic rings. The lowest BCUT2D eigenvalue weighted by atomic mass is 10.0. The topological polar surface area (TPSA) is 78.4 Å². The molecule has 1 atom stereocenters. The molecule has 2 N–H and O–H groups in total. The van der Waals surface area contributed by atoms with Gasteiger partial charge < -0.3 is 25.0 Å². The van der Waals surface area contributed by atoms with Gasteiger partial charge in [-0.1, -0.05) is 26.0 Å². The molecule has 2 rings (SSSR count). The zero-order valence-electron chi connectivity index (χ0n) is 19.0. The minimum atomic E-state index is -0.0273. The van der Waals surface area contributed by atoms with E-state index in [0.717, 1.165) is 38.6 Å². The second-order valence-electron chi connectivity index (χ2n) is 8.05. The number of carbonyl (C=O) groups excluding carboxylic acids is 1. The first kappa shape index (κ1) is 24.0. The predicted octanol–water partition coefficient (Wildman–Crippen LogP) is 1.35. The third-order valence-electron chi connectivity index (χ3n) is 5.00. The smallest absolute Gasteiger partial charge is 0.243 e. The van der Waals surface area contributed by atoms with Crippen LogP contribution in [0.3, 0.4) is 0 Å². The summed E-state index contributed by atoms with van der Waals surface area (Å²) in [5.41, 5.74) is 1.21. The van der Waals surface area contributed by atoms with Crippen LogP contribution in [0.25, 0.3) is 0 Å². The lowest BCUT2D eigenvalue weighted by Gasteiger charge is -2.35. The largest absolute Gasteiger partial charge is 0.497 e. The molecule has 0 spiro atoms. The number of methoxy groups -OCH3 is 1. The van der Waals surface area contributed by atoms with E-state index in [1.807, 2.05) is 12.1 Å². The van der Waals surface area contributed by atoms with Crippen LogP contribution in [-0.4, -0.2) is 88.8 Å². The van der Waals surface area contributed by atoms with E-state index in [1.54, 1.807) is 26.1 Å². The average molecular weight is 420 g/mol. The monoisotopic (exact) mass is 419 g/mol. The molecule has 1 heterocycles. The Labute approximate surface area is 180 Å². The van der Waals surface area contributed by atoms with Gasteiger partial charge in [0.05, 0.1) is 26.4 Å². The zero-order valence-corrected chi connectivity index (χ0v) is 19.0. The third-order valence-corrected chi connectivity index (χ3v) is 5.00. The SMILES string of the molecule is COc1ccc(C(CNC(=NCC(=O)N(C)C)NCC(C)C)N2CCOCC2)cc1. The second kappa shape index (κ2) is 12.4. The van der Waals surface area contributed by atoms with Gasteiger partial charge in [0.1, 0.15) is 12.3 Å². The number of rotatable bonds is 9. The fourth-order valence-electron chi connectivity index (χ4n) is 3.13. The lowest BCUT2D eigenvalue weighted by molar-refractivity contribution is -0.127. The highest BCUT2D eigenvalue weighted by Gasteiger charge is 2.23. The average Bonchev–Trinajstić information content (AvgIpc) is 2.75. The molecule has 1 aromatic carbocycles. The summed E-state index contributed by atoms with van der Waals surface area (Å²) in [4.78, 5) is 20.5. The van der Waals surface area contributed by atoms with Crippen molar-refractivity contribution in [3.63, 3.8) is 0 Å². The van der Waals surface area contributed by atoms with Gasteiger partial charge >= 0.3 is 0 Å². The van der Waals surface area contributed by atoms with Crippen molar-refractivity contribution in [1.82, 2.24) is 20.4 Å². The number of carbonyl (C=O) groups is 1. The lowest BCUT2D eigenvalue weighted by Crippen LogP contribution is -2.47. The van der Waals surface area contributed by atoms with Gasteiger partial charge in [0.25, 0.3) is 0 Å². The van der Waals surface area contributed by atoms with Gasteiger partial charge in [0.15, 0.2) is 5.96 Å². The van der Waals surface area contributed by atoms with Crippen LogP contribution in [0.15, 0.2) is 29.3 Å². The van der Waals surface area contributed by atoms with Gasteiger partial charge in [-0.15, -0.1) is 0 Å². The molecule has 8 nitrogen and oxygen atoms in total. The molecule has 0 radical (unpaired) electrons. The Morgan fingerprint density at radius 2 is 1.80 bits per heavy atom. The molecule has 0 aromatic heterocycles. The molecular formula is C22H37N5O3. The molecule has 1 aliphatic heterocycles. The van der Waals surface area contributed by atoms with Crippen LogP contribution < -0.4 is 15.4 Å². The Balaban J connectivity index is 2.13. The van der Waals surface area contributed by atoms with Crippen molar-refractivity contribution >= 4 is 11.9 Å². The van der Waals surface area contributed by atoms with Crippen molar-refractivity contribution in [2.45, 2.75) is 19.9 Å². The summed E-state index contributed by atoms with van der Waals surface area (Å²) in [7, 11) is 5.16. The van der Waals surface area contributed by atoms with Gasteiger partial charge in [-0.2, -0.15) is 0 Å². The fraction of sp³-hybridized carbons (Fsp3) is 0.636. The number of amides is 1. The summed E-state index contributed by atoms with van der Waals surface area (Å²) in [6, 6.07) is 8.36. The minimum Gasteiger partial charge on any atom is -0.497 e. The number of likely N-dealkylation sites (N-methyl/N-ethyl adjacent to an activating group) is 1. The van der Waals surface area contributed by atoms with Crippen molar-refractivity contribution in [3.8, 4) is 5.75 Å². The van der Waals surface area contributed by atoms with E-state index in [4.69, 9.17) is 9.47 Å². The molecule has 1 fully saturated rings. The Bertz CT molecular complexity index is 670. The first-order chi connectivity index (χ1) is 14.4. The van der Waals surface area contributed by atoms with Crippen LogP contribution in [-0.2, 0) is 9.53 Å². The van der Waals surface area contributed by atoms with E-state index >= 15 is 0 Å². The van der Waals surface area contributed by atoms with Gasteiger partial charge in [0, 0.05) is 40.3 Å². The Morgan fingerprint density at radius 3 is 2.37 bits per heavy atom. The highest BCUT2D eigenvalue weighted by atomic mass is 16.5. The van der Waals surface area contributed by atoms with Gasteiger partial charge in [0.2, 0.25) is 5.91 Å². The van der Waals surface area contributed by atoms with Crippen LogP contribution in [0.4, 0.5) is 0 Å². The van der Waals surface area contributed by atoms with Crippen LogP contribution in [0.5, 0.6) is 5.75 Å². The number of ether oxygens (including phenoxy) is 2. The molecule has 1 amide bonds. The summed E-state index contributed by atoms with van der Waals surface area (Å²) in [5.74, 6) is 1.94. The maximum absolute atomic E-state index is 12.0. The normalized spacial score (nSPS) is 16.3. The predicted molar refractivity (Wildman–Crippen MR) is 120 cm³/mol. The van der Waals surface area contributed by atoms with Gasteiger partial charge in [-0.3, -0.25) is 9.69 Å². The molecule has 1 aliphatic rings. The van der Waals surface area contributed by atoms with E-state index < -0.39 is 0 Å². The standard InChI is InChI=1S/C22H37N5O3/c1-17(2)14-23-22(25-16-21(28)26(3)4)24-15-20(27-10-12-30-13-11-27)18-6-8-19(29-5)9-7-18/h6-9,17,20H,10-16H2,1-5H3,(H2,23,24,25). The molecule has 1 saturated heterocycles. The van der Waals surface area contributed by atoms with Gasteiger partial charge in [-0.25, -0.2) is 4.99 Å². The maximum Gasteiger partial charge on any atom is 0.243 e. The summed E-state index contributed by atoms with van der Waals surface area (Å²) in [6.45, 7) is 9.08. The molecule has 8 heteroatoms. The second-order valence-corrected chi connectivity index (χ2v) is 8.05. The molecule has 0 aliphatic carbocycles. The van der Waals surface area contributed by atoms with Crippen LogP contribution in [0.2, 0.25) is 0 Å². The molecular weight excluding hydrogens is 382 g/mol. The van der Waals surface area contributed by atoms with Crippen molar-refractivity contribution in [3.05, 3.63) is 29.8 Å². The van der Waals surface area contributed by atoms with Crippen molar-refractivity contribution < 1.29 is 14.3 Å². The Hall–Kier alpha value is -2.32. The molecule has 1 unspecified atom stereocenters. The first-order valence-corrected chi connectivity index (χ1v) is 10.6. The highest BCUT2D eigenvalue weighted by Crippen LogP contribution is 2.23. The third kappa shape index (κ3) is 7.84. The zero-order chi connectivity index (χ0) is 21.9. The number of nitrogens with one attached hydrogen (secondary N) is 2. The van der Waals surface area contributed by atoms with Crippen molar-refractivity contribution in [1.29, 1.82) is 0 Å². The Morgan fingerprint density at radius 1 is 1.17 bits per heavy atom. The van der Waals surface area contributed by atoms with Crippen molar-refractivity contribution in [2.24, 2.45) is 10.9 Å². The van der Waals surface area contributed by atoms with Crippen LogP contribution >= 0.6 is 0 Å². The summed E-state index contributed by atoms with van der Waals surface area (Å²) in [5, 5.41) is 6.79.